The molecule has 2 aromatic rings. The minimum absolute atomic E-state index is 0.358. The van der Waals surface area contributed by atoms with Crippen molar-refractivity contribution in [3.05, 3.63) is 29.0 Å². The molecule has 0 unspecified atom stereocenters. The first-order valence-electron chi connectivity index (χ1n) is 5.99. The van der Waals surface area contributed by atoms with Crippen LogP contribution in [0.15, 0.2) is 18.3 Å². The van der Waals surface area contributed by atoms with Crippen LogP contribution in [0.2, 0.25) is 5.15 Å². The fourth-order valence-electron chi connectivity index (χ4n) is 2.48. The molecule has 1 aliphatic rings. The van der Waals surface area contributed by atoms with Crippen LogP contribution >= 0.6 is 11.6 Å². The molecule has 0 aliphatic carbocycles. The zero-order valence-electron chi connectivity index (χ0n) is 9.80. The van der Waals surface area contributed by atoms with Gasteiger partial charge in [-0.25, -0.2) is 4.98 Å². The van der Waals surface area contributed by atoms with Gasteiger partial charge < -0.3 is 9.30 Å². The molecule has 2 aromatic heterocycles. The molecule has 3 heterocycles. The molecule has 0 saturated carbocycles. The Bertz CT molecular complexity index is 588. The second kappa shape index (κ2) is 4.71. The number of halogens is 1. The van der Waals surface area contributed by atoms with Gasteiger partial charge >= 0.3 is 0 Å². The summed E-state index contributed by atoms with van der Waals surface area (Å²) >= 11 is 5.96. The standard InChI is InChI=1S/C13H13ClN2O2/c14-12-7-9(8-17)11-1-4-16(13(11)15-12)10-2-5-18-6-3-10/h1,4,7-8,10H,2-3,5-6H2. The zero-order chi connectivity index (χ0) is 12.5. The van der Waals surface area contributed by atoms with Gasteiger partial charge in [0, 0.05) is 36.4 Å². The highest BCUT2D eigenvalue weighted by Crippen LogP contribution is 2.28. The quantitative estimate of drug-likeness (QED) is 0.619. The van der Waals surface area contributed by atoms with E-state index in [4.69, 9.17) is 16.3 Å². The van der Waals surface area contributed by atoms with Crippen LogP contribution in [-0.4, -0.2) is 29.1 Å². The minimum atomic E-state index is 0.358. The van der Waals surface area contributed by atoms with Gasteiger partial charge in [0.25, 0.3) is 0 Å². The topological polar surface area (TPSA) is 44.1 Å². The third-order valence-corrected chi connectivity index (χ3v) is 3.59. The Morgan fingerprint density at radius 1 is 1.44 bits per heavy atom. The van der Waals surface area contributed by atoms with Crippen LogP contribution in [0, 0.1) is 0 Å². The van der Waals surface area contributed by atoms with Gasteiger partial charge in [-0.05, 0) is 25.0 Å². The largest absolute Gasteiger partial charge is 0.381 e. The number of pyridine rings is 1. The number of fused-ring (bicyclic) bond motifs is 1. The first kappa shape index (κ1) is 11.7. The van der Waals surface area contributed by atoms with Crippen LogP contribution in [0.5, 0.6) is 0 Å². The highest BCUT2D eigenvalue weighted by Gasteiger charge is 2.18. The highest BCUT2D eigenvalue weighted by molar-refractivity contribution is 6.30. The lowest BCUT2D eigenvalue weighted by Crippen LogP contribution is -2.19. The van der Waals surface area contributed by atoms with E-state index in [1.807, 2.05) is 12.3 Å². The van der Waals surface area contributed by atoms with Crippen molar-refractivity contribution >= 4 is 28.9 Å². The molecule has 1 aliphatic heterocycles. The number of carbonyl (C=O) groups is 1. The number of carbonyl (C=O) groups excluding carboxylic acids is 1. The molecule has 3 rings (SSSR count). The minimum Gasteiger partial charge on any atom is -0.381 e. The first-order chi connectivity index (χ1) is 8.79. The van der Waals surface area contributed by atoms with Gasteiger partial charge in [-0.1, -0.05) is 11.6 Å². The number of hydrogen-bond acceptors (Lipinski definition) is 3. The monoisotopic (exact) mass is 264 g/mol. The Balaban J connectivity index is 2.12. The van der Waals surface area contributed by atoms with E-state index in [0.717, 1.165) is 43.4 Å². The van der Waals surface area contributed by atoms with Crippen LogP contribution < -0.4 is 0 Å². The average Bonchev–Trinajstić information content (AvgIpc) is 2.82. The van der Waals surface area contributed by atoms with E-state index in [2.05, 4.69) is 9.55 Å². The Morgan fingerprint density at radius 3 is 2.94 bits per heavy atom. The summed E-state index contributed by atoms with van der Waals surface area (Å²) < 4.78 is 7.47. The van der Waals surface area contributed by atoms with Gasteiger partial charge in [0.05, 0.1) is 0 Å². The molecule has 4 nitrogen and oxygen atoms in total. The molecule has 1 fully saturated rings. The predicted molar refractivity (Wildman–Crippen MR) is 69.2 cm³/mol. The van der Waals surface area contributed by atoms with Gasteiger partial charge in [0.15, 0.2) is 6.29 Å². The molecular formula is C13H13ClN2O2. The van der Waals surface area contributed by atoms with Gasteiger partial charge in [0.2, 0.25) is 0 Å². The maximum Gasteiger partial charge on any atom is 0.150 e. The maximum absolute atomic E-state index is 11.0. The zero-order valence-corrected chi connectivity index (χ0v) is 10.6. The molecule has 0 bridgehead atoms. The molecule has 0 aromatic carbocycles. The Hall–Kier alpha value is -1.39. The van der Waals surface area contributed by atoms with E-state index in [1.165, 1.54) is 0 Å². The van der Waals surface area contributed by atoms with Crippen molar-refractivity contribution in [3.8, 4) is 0 Å². The van der Waals surface area contributed by atoms with Gasteiger partial charge in [-0.2, -0.15) is 0 Å². The van der Waals surface area contributed by atoms with Gasteiger partial charge in [-0.15, -0.1) is 0 Å². The summed E-state index contributed by atoms with van der Waals surface area (Å²) in [5.74, 6) is 0. The molecule has 0 N–H and O–H groups in total. The van der Waals surface area contributed by atoms with Gasteiger partial charge in [-0.3, -0.25) is 4.79 Å². The molecular weight excluding hydrogens is 252 g/mol. The molecule has 0 amide bonds. The molecule has 0 radical (unpaired) electrons. The lowest BCUT2D eigenvalue weighted by Gasteiger charge is -2.24. The number of ether oxygens (including phenoxy) is 1. The van der Waals surface area contributed by atoms with E-state index in [9.17, 15) is 4.79 Å². The number of hydrogen-bond donors (Lipinski definition) is 0. The first-order valence-corrected chi connectivity index (χ1v) is 6.37. The van der Waals surface area contributed by atoms with Crippen LogP contribution in [-0.2, 0) is 4.74 Å². The summed E-state index contributed by atoms with van der Waals surface area (Å²) in [5, 5.41) is 1.22. The number of aldehydes is 1. The van der Waals surface area contributed by atoms with Crippen molar-refractivity contribution in [3.63, 3.8) is 0 Å². The van der Waals surface area contributed by atoms with Crippen LogP contribution in [0.1, 0.15) is 29.2 Å². The van der Waals surface area contributed by atoms with E-state index >= 15 is 0 Å². The molecule has 0 atom stereocenters. The van der Waals surface area contributed by atoms with Crippen molar-refractivity contribution in [1.29, 1.82) is 0 Å². The summed E-state index contributed by atoms with van der Waals surface area (Å²) in [4.78, 5) is 15.4. The second-order valence-electron chi connectivity index (χ2n) is 4.46. The van der Waals surface area contributed by atoms with Crippen molar-refractivity contribution in [1.82, 2.24) is 9.55 Å². The van der Waals surface area contributed by atoms with E-state index in [-0.39, 0.29) is 0 Å². The lowest BCUT2D eigenvalue weighted by atomic mass is 10.1. The second-order valence-corrected chi connectivity index (χ2v) is 4.84. The van der Waals surface area contributed by atoms with Crippen LogP contribution in [0.4, 0.5) is 0 Å². The Morgan fingerprint density at radius 2 is 2.22 bits per heavy atom. The molecule has 1 saturated heterocycles. The number of rotatable bonds is 2. The maximum atomic E-state index is 11.0. The van der Waals surface area contributed by atoms with Crippen LogP contribution in [0.3, 0.4) is 0 Å². The van der Waals surface area contributed by atoms with Gasteiger partial charge in [0.1, 0.15) is 10.8 Å². The van der Waals surface area contributed by atoms with E-state index in [1.54, 1.807) is 6.07 Å². The predicted octanol–water partition coefficient (Wildman–Crippen LogP) is 2.85. The fourth-order valence-corrected chi connectivity index (χ4v) is 2.67. The smallest absolute Gasteiger partial charge is 0.150 e. The number of nitrogens with zero attached hydrogens (tertiary/aromatic N) is 2. The Kier molecular flexibility index (Phi) is 3.06. The molecule has 5 heteroatoms. The van der Waals surface area contributed by atoms with Crippen molar-refractivity contribution in [2.24, 2.45) is 0 Å². The average molecular weight is 265 g/mol. The molecule has 94 valence electrons. The molecule has 0 spiro atoms. The van der Waals surface area contributed by atoms with E-state index < -0.39 is 0 Å². The van der Waals surface area contributed by atoms with Crippen molar-refractivity contribution in [2.45, 2.75) is 18.9 Å². The summed E-state index contributed by atoms with van der Waals surface area (Å²) in [6, 6.07) is 3.91. The summed E-state index contributed by atoms with van der Waals surface area (Å²) in [6.07, 6.45) is 4.74. The Labute approximate surface area is 110 Å². The van der Waals surface area contributed by atoms with Crippen LogP contribution in [0.25, 0.3) is 11.0 Å². The number of aromatic nitrogens is 2. The summed E-state index contributed by atoms with van der Waals surface area (Å²) in [6.45, 7) is 1.54. The normalized spacial score (nSPS) is 17.2. The summed E-state index contributed by atoms with van der Waals surface area (Å²) in [5.41, 5.74) is 1.38. The van der Waals surface area contributed by atoms with Crippen molar-refractivity contribution < 1.29 is 9.53 Å². The van der Waals surface area contributed by atoms with Crippen molar-refractivity contribution in [2.75, 3.05) is 13.2 Å². The summed E-state index contributed by atoms with van der Waals surface area (Å²) in [7, 11) is 0. The highest BCUT2D eigenvalue weighted by atomic mass is 35.5. The fraction of sp³-hybridized carbons (Fsp3) is 0.385. The third kappa shape index (κ3) is 1.91. The van der Waals surface area contributed by atoms with E-state index in [0.29, 0.717) is 16.8 Å². The molecule has 18 heavy (non-hydrogen) atoms. The third-order valence-electron chi connectivity index (χ3n) is 3.40. The SMILES string of the molecule is O=Cc1cc(Cl)nc2c1ccn2C1CCOCC1. The lowest BCUT2D eigenvalue weighted by molar-refractivity contribution is 0.0706.